The van der Waals surface area contributed by atoms with E-state index in [0.717, 1.165) is 0 Å². The van der Waals surface area contributed by atoms with Crippen molar-refractivity contribution in [2.75, 3.05) is 26.4 Å². The summed E-state index contributed by atoms with van der Waals surface area (Å²) in [5, 5.41) is 8.45. The zero-order valence-corrected chi connectivity index (χ0v) is 10.8. The summed E-state index contributed by atoms with van der Waals surface area (Å²) in [7, 11) is 0. The van der Waals surface area contributed by atoms with Crippen LogP contribution in [-0.4, -0.2) is 49.3 Å². The van der Waals surface area contributed by atoms with E-state index < -0.39 is 11.8 Å². The van der Waals surface area contributed by atoms with E-state index in [2.05, 4.69) is 0 Å². The Morgan fingerprint density at radius 2 is 1.94 bits per heavy atom. The summed E-state index contributed by atoms with van der Waals surface area (Å²) in [5.41, 5.74) is 5.07. The van der Waals surface area contributed by atoms with Crippen molar-refractivity contribution in [1.29, 1.82) is 0 Å². The van der Waals surface area contributed by atoms with Crippen LogP contribution in [0.5, 0.6) is 0 Å². The lowest BCUT2D eigenvalue weighted by Crippen LogP contribution is -2.32. The van der Waals surface area contributed by atoms with Crippen molar-refractivity contribution in [3.05, 3.63) is 0 Å². The largest absolute Gasteiger partial charge is 0.460 e. The van der Waals surface area contributed by atoms with Crippen molar-refractivity contribution < 1.29 is 24.1 Å². The molecule has 1 atom stereocenters. The second kappa shape index (κ2) is 8.41. The highest BCUT2D eigenvalue weighted by Gasteiger charge is 2.18. The van der Waals surface area contributed by atoms with Gasteiger partial charge >= 0.3 is 5.97 Å². The molecule has 1 unspecified atom stereocenters. The molecule has 0 bridgehead atoms. The molecule has 102 valence electrons. The van der Waals surface area contributed by atoms with E-state index in [1.54, 1.807) is 20.8 Å². The average molecular weight is 249 g/mol. The Morgan fingerprint density at radius 3 is 2.47 bits per heavy atom. The summed E-state index contributed by atoms with van der Waals surface area (Å²) in [6, 6.07) is 0. The normalized spacial score (nSPS) is 13.5. The molecule has 0 aliphatic rings. The predicted octanol–water partition coefficient (Wildman–Crippen LogP) is 0.0285. The fraction of sp³-hybridized carbons (Fsp3) is 0.909. The summed E-state index contributed by atoms with van der Waals surface area (Å²) in [5.74, 6) is -0.388. The minimum atomic E-state index is -0.692. The third-order valence-electron chi connectivity index (χ3n) is 1.58. The number of hydrogen-bond donors (Lipinski definition) is 2. The van der Waals surface area contributed by atoms with Gasteiger partial charge in [0.05, 0.1) is 32.8 Å². The van der Waals surface area contributed by atoms with Gasteiger partial charge in [0, 0.05) is 0 Å². The van der Waals surface area contributed by atoms with E-state index in [-0.39, 0.29) is 32.2 Å². The first-order valence-electron chi connectivity index (χ1n) is 5.63. The minimum Gasteiger partial charge on any atom is -0.460 e. The first-order valence-corrected chi connectivity index (χ1v) is 5.63. The molecule has 0 aromatic heterocycles. The van der Waals surface area contributed by atoms with Gasteiger partial charge in [0.15, 0.2) is 0 Å². The number of hydrogen-bond acceptors (Lipinski definition) is 6. The number of esters is 1. The Hall–Kier alpha value is -0.690. The second-order valence-electron chi connectivity index (χ2n) is 4.54. The molecule has 0 amide bonds. The number of ether oxygens (including phenoxy) is 3. The molecule has 0 fully saturated rings. The van der Waals surface area contributed by atoms with Crippen molar-refractivity contribution in [3.63, 3.8) is 0 Å². The monoisotopic (exact) mass is 249 g/mol. The molecule has 3 N–H and O–H groups in total. The molecule has 0 aromatic carbocycles. The molecular weight excluding hydrogens is 226 g/mol. The lowest BCUT2D eigenvalue weighted by molar-refractivity contribution is -0.158. The fourth-order valence-corrected chi connectivity index (χ4v) is 1.03. The predicted molar refractivity (Wildman–Crippen MR) is 62.3 cm³/mol. The van der Waals surface area contributed by atoms with E-state index in [1.807, 2.05) is 0 Å². The molecule has 6 heteroatoms. The van der Waals surface area contributed by atoms with Gasteiger partial charge < -0.3 is 25.1 Å². The van der Waals surface area contributed by atoms with Crippen LogP contribution in [-0.2, 0) is 19.0 Å². The van der Waals surface area contributed by atoms with Crippen LogP contribution in [0.15, 0.2) is 0 Å². The van der Waals surface area contributed by atoms with Crippen LogP contribution in [0.25, 0.3) is 0 Å². The maximum atomic E-state index is 11.4. The first kappa shape index (κ1) is 16.3. The first-order chi connectivity index (χ1) is 7.85. The highest BCUT2D eigenvalue weighted by molar-refractivity contribution is 5.70. The van der Waals surface area contributed by atoms with Gasteiger partial charge in [0.25, 0.3) is 0 Å². The molecular formula is C11H23NO5. The third kappa shape index (κ3) is 11.6. The molecule has 0 radical (unpaired) electrons. The van der Waals surface area contributed by atoms with Gasteiger partial charge in [-0.05, 0) is 20.8 Å². The number of nitrogens with two attached hydrogens (primary N) is 1. The standard InChI is InChI=1S/C11H23NO5/c1-11(2,3)17-10(14)8-9(12)16-7-6-15-5-4-13/h9,13H,4-8,12H2,1-3H3. The van der Waals surface area contributed by atoms with Crippen LogP contribution in [0.3, 0.4) is 0 Å². The van der Waals surface area contributed by atoms with Crippen LogP contribution in [0.1, 0.15) is 27.2 Å². The summed E-state index contributed by atoms with van der Waals surface area (Å²) in [4.78, 5) is 11.4. The van der Waals surface area contributed by atoms with Crippen LogP contribution >= 0.6 is 0 Å². The van der Waals surface area contributed by atoms with Crippen molar-refractivity contribution in [2.45, 2.75) is 39.0 Å². The molecule has 0 heterocycles. The summed E-state index contributed by atoms with van der Waals surface area (Å²) < 4.78 is 15.2. The molecule has 0 rings (SSSR count). The van der Waals surface area contributed by atoms with Crippen LogP contribution in [0.4, 0.5) is 0 Å². The lowest BCUT2D eigenvalue weighted by atomic mass is 10.2. The maximum Gasteiger partial charge on any atom is 0.310 e. The molecule has 6 nitrogen and oxygen atoms in total. The third-order valence-corrected chi connectivity index (χ3v) is 1.58. The molecule has 0 aliphatic heterocycles. The molecule has 0 aliphatic carbocycles. The van der Waals surface area contributed by atoms with Crippen LogP contribution in [0.2, 0.25) is 0 Å². The van der Waals surface area contributed by atoms with E-state index in [1.165, 1.54) is 0 Å². The topological polar surface area (TPSA) is 91.0 Å². The minimum absolute atomic E-state index is 0.0112. The van der Waals surface area contributed by atoms with Crippen LogP contribution < -0.4 is 5.73 Å². The van der Waals surface area contributed by atoms with E-state index >= 15 is 0 Å². The Kier molecular flexibility index (Phi) is 8.07. The van der Waals surface area contributed by atoms with E-state index in [0.29, 0.717) is 6.61 Å². The van der Waals surface area contributed by atoms with Crippen molar-refractivity contribution in [2.24, 2.45) is 5.73 Å². The number of carbonyl (C=O) groups excluding carboxylic acids is 1. The van der Waals surface area contributed by atoms with Gasteiger partial charge in [-0.25, -0.2) is 0 Å². The number of rotatable bonds is 8. The number of aliphatic hydroxyl groups excluding tert-OH is 1. The zero-order valence-electron chi connectivity index (χ0n) is 10.8. The fourth-order valence-electron chi connectivity index (χ4n) is 1.03. The highest BCUT2D eigenvalue weighted by atomic mass is 16.6. The molecule has 17 heavy (non-hydrogen) atoms. The van der Waals surface area contributed by atoms with E-state index in [9.17, 15) is 4.79 Å². The van der Waals surface area contributed by atoms with Crippen molar-refractivity contribution >= 4 is 5.97 Å². The Balaban J connectivity index is 3.57. The maximum absolute atomic E-state index is 11.4. The quantitative estimate of drug-likeness (QED) is 0.358. The Bertz CT molecular complexity index is 214. The van der Waals surface area contributed by atoms with Crippen LogP contribution in [0, 0.1) is 0 Å². The molecule has 0 spiro atoms. The molecule has 0 aromatic rings. The average Bonchev–Trinajstić information content (AvgIpc) is 2.14. The van der Waals surface area contributed by atoms with Gasteiger partial charge in [-0.1, -0.05) is 0 Å². The van der Waals surface area contributed by atoms with Gasteiger partial charge in [-0.3, -0.25) is 4.79 Å². The van der Waals surface area contributed by atoms with Crippen molar-refractivity contribution in [3.8, 4) is 0 Å². The Morgan fingerprint density at radius 1 is 1.29 bits per heavy atom. The molecule has 0 saturated heterocycles. The van der Waals surface area contributed by atoms with E-state index in [4.69, 9.17) is 25.1 Å². The second-order valence-corrected chi connectivity index (χ2v) is 4.54. The summed E-state index contributed by atoms with van der Waals surface area (Å²) in [6.07, 6.45) is -0.681. The summed E-state index contributed by atoms with van der Waals surface area (Å²) >= 11 is 0. The SMILES string of the molecule is CC(C)(C)OC(=O)CC(N)OCCOCCO. The smallest absolute Gasteiger partial charge is 0.310 e. The van der Waals surface area contributed by atoms with Crippen molar-refractivity contribution in [1.82, 2.24) is 0 Å². The van der Waals surface area contributed by atoms with Gasteiger partial charge in [0.1, 0.15) is 11.8 Å². The van der Waals surface area contributed by atoms with Gasteiger partial charge in [0.2, 0.25) is 0 Å². The molecule has 0 saturated carbocycles. The summed E-state index contributed by atoms with van der Waals surface area (Å²) in [6.45, 7) is 6.24. The number of aliphatic hydroxyl groups is 1. The Labute approximate surface area is 102 Å². The lowest BCUT2D eigenvalue weighted by Gasteiger charge is -2.21. The highest BCUT2D eigenvalue weighted by Crippen LogP contribution is 2.09. The van der Waals surface area contributed by atoms with Gasteiger partial charge in [-0.2, -0.15) is 0 Å². The van der Waals surface area contributed by atoms with Gasteiger partial charge in [-0.15, -0.1) is 0 Å². The zero-order chi connectivity index (χ0) is 13.3. The number of carbonyl (C=O) groups is 1.